The summed E-state index contributed by atoms with van der Waals surface area (Å²) in [6.45, 7) is -0.757. The van der Waals surface area contributed by atoms with Gasteiger partial charge in [-0.05, 0) is 18.4 Å². The lowest BCUT2D eigenvalue weighted by molar-refractivity contribution is -0.137. The number of carboxylic acids is 1. The van der Waals surface area contributed by atoms with E-state index in [1.165, 1.54) is 11.8 Å². The van der Waals surface area contributed by atoms with E-state index < -0.39 is 24.3 Å². The number of nitrogens with zero attached hydrogens (tertiary/aromatic N) is 1. The fraction of sp³-hybridized carbons (Fsp3) is 0.273. The Balaban J connectivity index is 2.51. The largest absolute Gasteiger partial charge is 0.480 e. The molecule has 0 unspecified atom stereocenters. The number of aliphatic carboxylic acids is 1. The zero-order valence-corrected chi connectivity index (χ0v) is 11.0. The van der Waals surface area contributed by atoms with Crippen LogP contribution in [-0.4, -0.2) is 47.2 Å². The number of hydrogen-bond acceptors (Lipinski definition) is 5. The van der Waals surface area contributed by atoms with Gasteiger partial charge in [-0.3, -0.25) is 14.4 Å². The summed E-state index contributed by atoms with van der Waals surface area (Å²) in [6.07, 6.45) is 3.36. The molecule has 3 N–H and O–H groups in total. The number of amides is 2. The normalized spacial score (nSPS) is 9.74. The van der Waals surface area contributed by atoms with Crippen LogP contribution in [0, 0.1) is 0 Å². The smallest absolute Gasteiger partial charge is 0.322 e. The fourth-order valence-corrected chi connectivity index (χ4v) is 1.77. The topological polar surface area (TPSA) is 108 Å². The summed E-state index contributed by atoms with van der Waals surface area (Å²) in [5, 5.41) is 13.5. The van der Waals surface area contributed by atoms with Crippen LogP contribution >= 0.6 is 11.8 Å². The Kier molecular flexibility index (Phi) is 5.80. The Morgan fingerprint density at radius 2 is 2.05 bits per heavy atom. The van der Waals surface area contributed by atoms with Crippen molar-refractivity contribution in [2.45, 2.75) is 5.03 Å². The Bertz CT molecular complexity index is 493. The van der Waals surface area contributed by atoms with E-state index in [4.69, 9.17) is 5.11 Å². The number of carboxylic acid groups (broad SMARTS) is 1. The van der Waals surface area contributed by atoms with Crippen LogP contribution in [0.3, 0.4) is 0 Å². The number of pyridine rings is 1. The van der Waals surface area contributed by atoms with Crippen molar-refractivity contribution in [1.82, 2.24) is 15.6 Å². The highest BCUT2D eigenvalue weighted by molar-refractivity contribution is 7.98. The summed E-state index contributed by atoms with van der Waals surface area (Å²) in [7, 11) is 0. The molecule has 102 valence electrons. The molecule has 1 aromatic heterocycles. The summed E-state index contributed by atoms with van der Waals surface area (Å²) < 4.78 is 0. The molecule has 0 aliphatic carbocycles. The van der Waals surface area contributed by atoms with Crippen molar-refractivity contribution in [3.05, 3.63) is 23.9 Å². The van der Waals surface area contributed by atoms with Gasteiger partial charge < -0.3 is 15.7 Å². The molecule has 0 aromatic carbocycles. The van der Waals surface area contributed by atoms with Crippen LogP contribution in [-0.2, 0) is 9.59 Å². The van der Waals surface area contributed by atoms with E-state index in [0.717, 1.165) is 0 Å². The van der Waals surface area contributed by atoms with Gasteiger partial charge in [0.2, 0.25) is 5.91 Å². The van der Waals surface area contributed by atoms with Gasteiger partial charge in [0, 0.05) is 6.20 Å². The zero-order chi connectivity index (χ0) is 14.3. The maximum absolute atomic E-state index is 11.8. The standard InChI is InChI=1S/C11H13N3O4S/c1-19-11-7(3-2-4-12-11)10(18)14-5-8(15)13-6-9(16)17/h2-4H,5-6H2,1H3,(H,13,15)(H,14,18)(H,16,17). The lowest BCUT2D eigenvalue weighted by Gasteiger charge is -2.07. The summed E-state index contributed by atoms with van der Waals surface area (Å²) >= 11 is 1.32. The Hall–Kier alpha value is -2.09. The van der Waals surface area contributed by atoms with E-state index in [1.807, 2.05) is 0 Å². The second kappa shape index (κ2) is 7.37. The molecule has 1 heterocycles. The number of rotatable bonds is 6. The monoisotopic (exact) mass is 283 g/mol. The first-order valence-electron chi connectivity index (χ1n) is 5.30. The average Bonchev–Trinajstić information content (AvgIpc) is 2.42. The molecule has 0 fully saturated rings. The summed E-state index contributed by atoms with van der Waals surface area (Å²) in [6, 6.07) is 3.22. The molecule has 0 saturated heterocycles. The molecular formula is C11H13N3O4S. The van der Waals surface area contributed by atoms with Gasteiger partial charge >= 0.3 is 5.97 Å². The van der Waals surface area contributed by atoms with Crippen LogP contribution in [0.15, 0.2) is 23.4 Å². The Morgan fingerprint density at radius 3 is 2.68 bits per heavy atom. The predicted molar refractivity (Wildman–Crippen MR) is 69.0 cm³/mol. The van der Waals surface area contributed by atoms with Gasteiger partial charge in [0.05, 0.1) is 12.1 Å². The molecule has 8 heteroatoms. The van der Waals surface area contributed by atoms with E-state index >= 15 is 0 Å². The first-order valence-corrected chi connectivity index (χ1v) is 6.52. The second-order valence-electron chi connectivity index (χ2n) is 3.41. The van der Waals surface area contributed by atoms with Crippen LogP contribution < -0.4 is 10.6 Å². The minimum absolute atomic E-state index is 0.283. The van der Waals surface area contributed by atoms with Crippen LogP contribution in [0.25, 0.3) is 0 Å². The van der Waals surface area contributed by atoms with Gasteiger partial charge in [-0.2, -0.15) is 0 Å². The van der Waals surface area contributed by atoms with E-state index in [0.29, 0.717) is 10.6 Å². The maximum Gasteiger partial charge on any atom is 0.322 e. The summed E-state index contributed by atoms with van der Waals surface area (Å²) in [5.41, 5.74) is 0.376. The second-order valence-corrected chi connectivity index (χ2v) is 4.21. The minimum atomic E-state index is -1.14. The molecule has 0 spiro atoms. The van der Waals surface area contributed by atoms with E-state index in [-0.39, 0.29) is 6.54 Å². The third-order valence-corrected chi connectivity index (χ3v) is 2.77. The SMILES string of the molecule is CSc1ncccc1C(=O)NCC(=O)NCC(=O)O. The lowest BCUT2D eigenvalue weighted by atomic mass is 10.2. The first kappa shape index (κ1) is 15.0. The molecular weight excluding hydrogens is 270 g/mol. The van der Waals surface area contributed by atoms with Crippen LogP contribution in [0.1, 0.15) is 10.4 Å². The van der Waals surface area contributed by atoms with E-state index in [2.05, 4.69) is 15.6 Å². The van der Waals surface area contributed by atoms with Gasteiger partial charge in [-0.1, -0.05) is 0 Å². The van der Waals surface area contributed by atoms with Gasteiger partial charge in [-0.15, -0.1) is 11.8 Å². The molecule has 7 nitrogen and oxygen atoms in total. The van der Waals surface area contributed by atoms with Gasteiger partial charge in [0.1, 0.15) is 11.6 Å². The van der Waals surface area contributed by atoms with E-state index in [9.17, 15) is 14.4 Å². The maximum atomic E-state index is 11.8. The average molecular weight is 283 g/mol. The van der Waals surface area contributed by atoms with Crippen molar-refractivity contribution in [3.8, 4) is 0 Å². The zero-order valence-electron chi connectivity index (χ0n) is 10.2. The Morgan fingerprint density at radius 1 is 1.32 bits per heavy atom. The van der Waals surface area contributed by atoms with Crippen molar-refractivity contribution in [2.75, 3.05) is 19.3 Å². The fourth-order valence-electron chi connectivity index (χ4n) is 1.22. The Labute approximate surface area is 113 Å². The van der Waals surface area contributed by atoms with Crippen LogP contribution in [0.2, 0.25) is 0 Å². The number of aromatic nitrogens is 1. The predicted octanol–water partition coefficient (Wildman–Crippen LogP) is -0.266. The van der Waals surface area contributed by atoms with Crippen molar-refractivity contribution in [2.24, 2.45) is 0 Å². The third kappa shape index (κ3) is 4.96. The molecule has 1 aromatic rings. The molecule has 0 bridgehead atoms. The third-order valence-electron chi connectivity index (χ3n) is 2.06. The van der Waals surface area contributed by atoms with Gasteiger partial charge in [0.25, 0.3) is 5.91 Å². The number of hydrogen-bond donors (Lipinski definition) is 3. The summed E-state index contributed by atoms with van der Waals surface area (Å²) in [4.78, 5) is 37.3. The number of nitrogens with one attached hydrogen (secondary N) is 2. The van der Waals surface area contributed by atoms with E-state index in [1.54, 1.807) is 24.6 Å². The quantitative estimate of drug-likeness (QED) is 0.620. The summed E-state index contributed by atoms with van der Waals surface area (Å²) in [5.74, 6) is -2.13. The van der Waals surface area contributed by atoms with Crippen LogP contribution in [0.5, 0.6) is 0 Å². The van der Waals surface area contributed by atoms with Gasteiger partial charge in [0.15, 0.2) is 0 Å². The number of carbonyl (C=O) groups excluding carboxylic acids is 2. The van der Waals surface area contributed by atoms with Crippen molar-refractivity contribution in [1.29, 1.82) is 0 Å². The molecule has 1 rings (SSSR count). The van der Waals surface area contributed by atoms with Crippen molar-refractivity contribution >= 4 is 29.5 Å². The molecule has 0 aliphatic heterocycles. The molecule has 0 saturated carbocycles. The molecule has 2 amide bonds. The van der Waals surface area contributed by atoms with Crippen LogP contribution in [0.4, 0.5) is 0 Å². The van der Waals surface area contributed by atoms with Crippen molar-refractivity contribution in [3.63, 3.8) is 0 Å². The highest BCUT2D eigenvalue weighted by Crippen LogP contribution is 2.16. The molecule has 0 aliphatic rings. The lowest BCUT2D eigenvalue weighted by Crippen LogP contribution is -2.39. The first-order chi connectivity index (χ1) is 9.04. The highest BCUT2D eigenvalue weighted by Gasteiger charge is 2.12. The minimum Gasteiger partial charge on any atom is -0.480 e. The molecule has 19 heavy (non-hydrogen) atoms. The molecule has 0 radical (unpaired) electrons. The number of carbonyl (C=O) groups is 3. The van der Waals surface area contributed by atoms with Gasteiger partial charge in [-0.25, -0.2) is 4.98 Å². The highest BCUT2D eigenvalue weighted by atomic mass is 32.2. The number of thioether (sulfide) groups is 1. The van der Waals surface area contributed by atoms with Crippen molar-refractivity contribution < 1.29 is 19.5 Å². The molecule has 0 atom stereocenters.